The van der Waals surface area contributed by atoms with Gasteiger partial charge in [-0.25, -0.2) is 4.98 Å². The molecule has 0 spiro atoms. The largest absolute Gasteiger partial charge is 0.306 e. The third-order valence-electron chi connectivity index (χ3n) is 3.21. The van der Waals surface area contributed by atoms with Crippen LogP contribution in [0.4, 0.5) is 0 Å². The van der Waals surface area contributed by atoms with Crippen LogP contribution in [0, 0.1) is 5.92 Å². The van der Waals surface area contributed by atoms with E-state index in [-0.39, 0.29) is 0 Å². The topological polar surface area (TPSA) is 29.7 Å². The van der Waals surface area contributed by atoms with Gasteiger partial charge in [0.25, 0.3) is 0 Å². The van der Waals surface area contributed by atoms with E-state index in [0.29, 0.717) is 0 Å². The third kappa shape index (κ3) is 1.62. The number of aromatic nitrogens is 2. The van der Waals surface area contributed by atoms with Crippen LogP contribution in [0.5, 0.6) is 0 Å². The quantitative estimate of drug-likeness (QED) is 0.716. The molecule has 3 heteroatoms. The highest BCUT2D eigenvalue weighted by Crippen LogP contribution is 2.18. The Balaban J connectivity index is 1.99. The molecule has 0 radical (unpaired) electrons. The number of rotatable bonds is 1. The molecule has 0 saturated carbocycles. The molecule has 3 nitrogen and oxygen atoms in total. The van der Waals surface area contributed by atoms with Crippen molar-refractivity contribution in [2.24, 2.45) is 10.9 Å². The summed E-state index contributed by atoms with van der Waals surface area (Å²) in [6.45, 7) is 3.23. The summed E-state index contributed by atoms with van der Waals surface area (Å²) < 4.78 is 2.05. The molecular weight excluding hydrogens is 198 g/mol. The van der Waals surface area contributed by atoms with Gasteiger partial charge in [0.2, 0.25) is 0 Å². The number of pyridine rings is 1. The maximum Gasteiger partial charge on any atom is 0.0992 e. The summed E-state index contributed by atoms with van der Waals surface area (Å²) in [6, 6.07) is 4.24. The summed E-state index contributed by atoms with van der Waals surface area (Å²) in [5, 5.41) is 0. The number of imidazole rings is 1. The van der Waals surface area contributed by atoms with Crippen molar-refractivity contribution in [1.82, 2.24) is 9.38 Å². The van der Waals surface area contributed by atoms with Crippen LogP contribution in [0.2, 0.25) is 0 Å². The fourth-order valence-corrected chi connectivity index (χ4v) is 2.15. The average Bonchev–Trinajstić information content (AvgIpc) is 2.77. The first-order valence-electron chi connectivity index (χ1n) is 5.78. The van der Waals surface area contributed by atoms with Gasteiger partial charge in [0, 0.05) is 24.0 Å². The lowest BCUT2D eigenvalue weighted by Gasteiger charge is -2.17. The zero-order chi connectivity index (χ0) is 11.0. The first kappa shape index (κ1) is 9.58. The number of nitrogens with zero attached hydrogens (tertiary/aromatic N) is 3. The number of hydrogen-bond acceptors (Lipinski definition) is 2. The molecule has 3 heterocycles. The van der Waals surface area contributed by atoms with Gasteiger partial charge >= 0.3 is 0 Å². The smallest absolute Gasteiger partial charge is 0.0992 e. The summed E-state index contributed by atoms with van der Waals surface area (Å²) in [5.41, 5.74) is 3.61. The minimum absolute atomic E-state index is 0.737. The van der Waals surface area contributed by atoms with E-state index in [4.69, 9.17) is 0 Å². The Morgan fingerprint density at radius 1 is 1.38 bits per heavy atom. The monoisotopic (exact) mass is 213 g/mol. The van der Waals surface area contributed by atoms with Crippen molar-refractivity contribution < 1.29 is 0 Å². The molecule has 0 saturated heterocycles. The maximum atomic E-state index is 4.65. The van der Waals surface area contributed by atoms with Crippen LogP contribution in [0.25, 0.3) is 5.52 Å². The van der Waals surface area contributed by atoms with Crippen molar-refractivity contribution in [2.45, 2.75) is 19.8 Å². The lowest BCUT2D eigenvalue weighted by atomic mass is 9.97. The molecule has 16 heavy (non-hydrogen) atoms. The van der Waals surface area contributed by atoms with Gasteiger partial charge in [-0.2, -0.15) is 0 Å². The summed E-state index contributed by atoms with van der Waals surface area (Å²) in [4.78, 5) is 8.78. The Morgan fingerprint density at radius 3 is 3.12 bits per heavy atom. The molecule has 0 bridgehead atoms. The predicted molar refractivity (Wildman–Crippen MR) is 65.0 cm³/mol. The van der Waals surface area contributed by atoms with E-state index in [1.165, 1.54) is 17.7 Å². The minimum Gasteiger partial charge on any atom is -0.306 e. The van der Waals surface area contributed by atoms with Crippen LogP contribution in [0.15, 0.2) is 35.8 Å². The molecule has 82 valence electrons. The minimum atomic E-state index is 0.737. The maximum absolute atomic E-state index is 4.65. The lowest BCUT2D eigenvalue weighted by molar-refractivity contribution is 0.538. The van der Waals surface area contributed by atoms with Gasteiger partial charge in [0.05, 0.1) is 18.0 Å². The second kappa shape index (κ2) is 3.74. The van der Waals surface area contributed by atoms with Crippen LogP contribution < -0.4 is 0 Å². The molecular formula is C13H15N3. The summed E-state index contributed by atoms with van der Waals surface area (Å²) in [7, 11) is 0. The van der Waals surface area contributed by atoms with Crippen molar-refractivity contribution in [1.29, 1.82) is 0 Å². The normalized spacial score (nSPS) is 21.1. The van der Waals surface area contributed by atoms with Gasteiger partial charge in [0.15, 0.2) is 0 Å². The third-order valence-corrected chi connectivity index (χ3v) is 3.21. The van der Waals surface area contributed by atoms with Gasteiger partial charge in [-0.05, 0) is 30.9 Å². The molecule has 1 aliphatic heterocycles. The zero-order valence-corrected chi connectivity index (χ0v) is 9.43. The Bertz CT molecular complexity index is 539. The molecule has 1 aliphatic rings. The van der Waals surface area contributed by atoms with E-state index in [1.54, 1.807) is 0 Å². The van der Waals surface area contributed by atoms with Crippen molar-refractivity contribution in [3.05, 3.63) is 36.4 Å². The van der Waals surface area contributed by atoms with Gasteiger partial charge in [-0.3, -0.25) is 4.99 Å². The van der Waals surface area contributed by atoms with Gasteiger partial charge in [-0.1, -0.05) is 6.92 Å². The van der Waals surface area contributed by atoms with Crippen LogP contribution >= 0.6 is 0 Å². The van der Waals surface area contributed by atoms with E-state index in [0.717, 1.165) is 24.4 Å². The number of hydrogen-bond donors (Lipinski definition) is 0. The Hall–Kier alpha value is -1.64. The Morgan fingerprint density at radius 2 is 2.31 bits per heavy atom. The molecule has 1 unspecified atom stereocenters. The summed E-state index contributed by atoms with van der Waals surface area (Å²) in [5.74, 6) is 0.737. The highest BCUT2D eigenvalue weighted by Gasteiger charge is 2.13. The number of aliphatic imine (C=N–C) groups is 1. The van der Waals surface area contributed by atoms with Crippen molar-refractivity contribution in [3.63, 3.8) is 0 Å². The molecule has 0 N–H and O–H groups in total. The highest BCUT2D eigenvalue weighted by atomic mass is 15.0. The Labute approximate surface area is 94.8 Å². The predicted octanol–water partition coefficient (Wildman–Crippen LogP) is 2.55. The fourth-order valence-electron chi connectivity index (χ4n) is 2.15. The number of fused-ring (bicyclic) bond motifs is 1. The average molecular weight is 213 g/mol. The molecule has 2 aromatic rings. The summed E-state index contributed by atoms with van der Waals surface area (Å²) in [6.07, 6.45) is 8.18. The van der Waals surface area contributed by atoms with Gasteiger partial charge in [0.1, 0.15) is 0 Å². The molecule has 1 atom stereocenters. The zero-order valence-electron chi connectivity index (χ0n) is 9.43. The van der Waals surface area contributed by atoms with Crippen molar-refractivity contribution in [3.8, 4) is 0 Å². The molecule has 0 aliphatic carbocycles. The first-order chi connectivity index (χ1) is 7.83. The first-order valence-corrected chi connectivity index (χ1v) is 5.78. The van der Waals surface area contributed by atoms with E-state index in [1.807, 2.05) is 12.5 Å². The van der Waals surface area contributed by atoms with Crippen molar-refractivity contribution >= 4 is 11.2 Å². The van der Waals surface area contributed by atoms with E-state index in [2.05, 4.69) is 39.6 Å². The summed E-state index contributed by atoms with van der Waals surface area (Å²) >= 11 is 0. The fraction of sp³-hybridized carbons (Fsp3) is 0.385. The van der Waals surface area contributed by atoms with Crippen LogP contribution in [0.3, 0.4) is 0 Å². The van der Waals surface area contributed by atoms with Crippen LogP contribution in [-0.4, -0.2) is 21.6 Å². The van der Waals surface area contributed by atoms with Gasteiger partial charge in [-0.15, -0.1) is 0 Å². The SMILES string of the molecule is CC1CCC(c2ccc3cncn3c2)=NC1. The molecule has 0 amide bonds. The Kier molecular flexibility index (Phi) is 2.24. The highest BCUT2D eigenvalue weighted by molar-refractivity contribution is 6.00. The van der Waals surface area contributed by atoms with E-state index >= 15 is 0 Å². The standard InChI is InChI=1S/C13H15N3/c1-10-2-5-13(15-6-10)11-3-4-12-7-14-9-16(12)8-11/h3-4,7-10H,2,5-6H2,1H3. The lowest BCUT2D eigenvalue weighted by Crippen LogP contribution is -2.14. The van der Waals surface area contributed by atoms with Gasteiger partial charge < -0.3 is 4.40 Å². The van der Waals surface area contributed by atoms with Crippen LogP contribution in [0.1, 0.15) is 25.3 Å². The molecule has 0 aromatic carbocycles. The van der Waals surface area contributed by atoms with E-state index < -0.39 is 0 Å². The van der Waals surface area contributed by atoms with E-state index in [9.17, 15) is 0 Å². The second-order valence-corrected chi connectivity index (χ2v) is 4.57. The van der Waals surface area contributed by atoms with Crippen LogP contribution in [-0.2, 0) is 0 Å². The second-order valence-electron chi connectivity index (χ2n) is 4.57. The molecule has 2 aromatic heterocycles. The molecule has 0 fully saturated rings. The molecule has 3 rings (SSSR count). The van der Waals surface area contributed by atoms with Crippen molar-refractivity contribution in [2.75, 3.05) is 6.54 Å².